The molecule has 1 saturated carbocycles. The second-order valence-electron chi connectivity index (χ2n) is 6.86. The van der Waals surface area contributed by atoms with Gasteiger partial charge in [-0.2, -0.15) is 0 Å². The number of rotatable bonds is 6. The number of carbonyl (C=O) groups is 1. The summed E-state index contributed by atoms with van der Waals surface area (Å²) in [6.45, 7) is 4.01. The molecular weight excluding hydrogens is 463 g/mol. The van der Waals surface area contributed by atoms with Crippen molar-refractivity contribution in [3.8, 4) is 0 Å². The number of amides is 1. The Hall–Kier alpha value is -1.02. The molecule has 0 radical (unpaired) electrons. The summed E-state index contributed by atoms with van der Waals surface area (Å²) in [6.07, 6.45) is 4.10. The first-order chi connectivity index (χ1) is 12.0. The standard InChI is InChI=1S/C19H29ClN4O.HI/c1-4-21-18(22-13-15-7-9-16(20)10-8-15)23-14-19(11-5-6-12-19)17(25)24(2)3;/h7-10H,4-6,11-14H2,1-3H3,(H2,21,22,23);1H. The van der Waals surface area contributed by atoms with Crippen molar-refractivity contribution in [1.82, 2.24) is 15.5 Å². The lowest BCUT2D eigenvalue weighted by molar-refractivity contribution is -0.138. The van der Waals surface area contributed by atoms with E-state index < -0.39 is 0 Å². The molecule has 0 heterocycles. The summed E-state index contributed by atoms with van der Waals surface area (Å²) in [4.78, 5) is 19.0. The molecule has 0 bridgehead atoms. The van der Waals surface area contributed by atoms with Crippen LogP contribution in [0.1, 0.15) is 38.2 Å². The summed E-state index contributed by atoms with van der Waals surface area (Å²) >= 11 is 5.92. The molecule has 0 atom stereocenters. The second kappa shape index (κ2) is 11.0. The highest BCUT2D eigenvalue weighted by Gasteiger charge is 2.42. The molecule has 1 aromatic carbocycles. The first kappa shape index (κ1) is 23.0. The number of nitrogens with one attached hydrogen (secondary N) is 2. The van der Waals surface area contributed by atoms with Crippen molar-refractivity contribution in [2.45, 2.75) is 39.2 Å². The molecule has 2 rings (SSSR count). The Balaban J connectivity index is 0.00000338. The monoisotopic (exact) mass is 492 g/mol. The van der Waals surface area contributed by atoms with Gasteiger partial charge in [0.15, 0.2) is 5.96 Å². The maximum atomic E-state index is 12.7. The van der Waals surface area contributed by atoms with Crippen LogP contribution in [0.3, 0.4) is 0 Å². The van der Waals surface area contributed by atoms with Crippen LogP contribution in [0, 0.1) is 5.41 Å². The molecule has 1 amide bonds. The number of guanidine groups is 1. The van der Waals surface area contributed by atoms with Crippen molar-refractivity contribution in [2.75, 3.05) is 27.2 Å². The van der Waals surface area contributed by atoms with E-state index in [1.165, 1.54) is 0 Å². The fourth-order valence-electron chi connectivity index (χ4n) is 3.35. The van der Waals surface area contributed by atoms with Crippen LogP contribution in [0.5, 0.6) is 0 Å². The molecule has 1 aliphatic rings. The van der Waals surface area contributed by atoms with E-state index in [0.29, 0.717) is 13.1 Å². The van der Waals surface area contributed by atoms with Gasteiger partial charge in [0.1, 0.15) is 0 Å². The number of hydrogen-bond donors (Lipinski definition) is 2. The zero-order valence-electron chi connectivity index (χ0n) is 15.8. The summed E-state index contributed by atoms with van der Waals surface area (Å²) < 4.78 is 0. The lowest BCUT2D eigenvalue weighted by Crippen LogP contribution is -2.49. The third kappa shape index (κ3) is 6.30. The molecule has 1 fully saturated rings. The molecule has 0 aliphatic heterocycles. The summed E-state index contributed by atoms with van der Waals surface area (Å²) in [5.74, 6) is 0.960. The van der Waals surface area contributed by atoms with Crippen molar-refractivity contribution in [2.24, 2.45) is 10.4 Å². The predicted molar refractivity (Wildman–Crippen MR) is 119 cm³/mol. The fraction of sp³-hybridized carbons (Fsp3) is 0.579. The molecule has 5 nitrogen and oxygen atoms in total. The van der Waals surface area contributed by atoms with Crippen LogP contribution in [0.4, 0.5) is 0 Å². The normalized spacial score (nSPS) is 15.9. The fourth-order valence-corrected chi connectivity index (χ4v) is 3.47. The van der Waals surface area contributed by atoms with Gasteiger partial charge >= 0.3 is 0 Å². The average molecular weight is 493 g/mol. The zero-order valence-corrected chi connectivity index (χ0v) is 18.9. The third-order valence-corrected chi connectivity index (χ3v) is 4.94. The molecule has 0 unspecified atom stereocenters. The van der Waals surface area contributed by atoms with Crippen LogP contribution in [-0.4, -0.2) is 44.0 Å². The summed E-state index contributed by atoms with van der Waals surface area (Å²) in [5, 5.41) is 7.37. The van der Waals surface area contributed by atoms with E-state index in [4.69, 9.17) is 11.6 Å². The van der Waals surface area contributed by atoms with E-state index in [9.17, 15) is 4.79 Å². The van der Waals surface area contributed by atoms with Gasteiger partial charge in [0.25, 0.3) is 0 Å². The largest absolute Gasteiger partial charge is 0.357 e. The molecule has 146 valence electrons. The van der Waals surface area contributed by atoms with Crippen LogP contribution < -0.4 is 10.6 Å². The SMILES string of the molecule is CCNC(=NCc1ccc(Cl)cc1)NCC1(C(=O)N(C)C)CCCC1.I. The molecule has 1 aliphatic carbocycles. The lowest BCUT2D eigenvalue weighted by Gasteiger charge is -2.31. The molecule has 2 N–H and O–H groups in total. The number of nitrogens with zero attached hydrogens (tertiary/aromatic N) is 2. The van der Waals surface area contributed by atoms with E-state index >= 15 is 0 Å². The predicted octanol–water partition coefficient (Wildman–Crippen LogP) is 3.66. The van der Waals surface area contributed by atoms with Gasteiger partial charge in [-0.25, -0.2) is 4.99 Å². The highest BCUT2D eigenvalue weighted by molar-refractivity contribution is 14.0. The zero-order chi connectivity index (χ0) is 18.3. The number of carbonyl (C=O) groups excluding carboxylic acids is 1. The van der Waals surface area contributed by atoms with Crippen molar-refractivity contribution in [3.63, 3.8) is 0 Å². The van der Waals surface area contributed by atoms with Crippen molar-refractivity contribution in [3.05, 3.63) is 34.9 Å². The van der Waals surface area contributed by atoms with E-state index in [2.05, 4.69) is 15.6 Å². The molecule has 1 aromatic rings. The van der Waals surface area contributed by atoms with Gasteiger partial charge in [0, 0.05) is 32.2 Å². The first-order valence-corrected chi connectivity index (χ1v) is 9.33. The molecule has 26 heavy (non-hydrogen) atoms. The molecular formula is C19H30ClIN4O. The number of halogens is 2. The van der Waals surface area contributed by atoms with Crippen LogP contribution in [0.25, 0.3) is 0 Å². The highest BCUT2D eigenvalue weighted by atomic mass is 127. The Morgan fingerprint density at radius 1 is 1.19 bits per heavy atom. The quantitative estimate of drug-likeness (QED) is 0.362. The van der Waals surface area contributed by atoms with E-state index in [-0.39, 0.29) is 35.3 Å². The molecule has 0 spiro atoms. The second-order valence-corrected chi connectivity index (χ2v) is 7.30. The minimum atomic E-state index is -0.306. The molecule has 0 aromatic heterocycles. The maximum Gasteiger partial charge on any atom is 0.230 e. The summed E-state index contributed by atoms with van der Waals surface area (Å²) in [6, 6.07) is 7.69. The smallest absolute Gasteiger partial charge is 0.230 e. The van der Waals surface area contributed by atoms with Gasteiger partial charge in [0.05, 0.1) is 12.0 Å². The van der Waals surface area contributed by atoms with Gasteiger partial charge in [0.2, 0.25) is 5.91 Å². The minimum absolute atomic E-state index is 0. The number of hydrogen-bond acceptors (Lipinski definition) is 2. The maximum absolute atomic E-state index is 12.7. The van der Waals surface area contributed by atoms with Crippen LogP contribution in [0.15, 0.2) is 29.3 Å². The Labute approximate surface area is 179 Å². The van der Waals surface area contributed by atoms with Crippen LogP contribution in [0.2, 0.25) is 5.02 Å². The van der Waals surface area contributed by atoms with Gasteiger partial charge in [-0.1, -0.05) is 36.6 Å². The summed E-state index contributed by atoms with van der Waals surface area (Å²) in [5.41, 5.74) is 0.793. The highest BCUT2D eigenvalue weighted by Crippen LogP contribution is 2.38. The third-order valence-electron chi connectivity index (χ3n) is 4.69. The van der Waals surface area contributed by atoms with E-state index in [1.54, 1.807) is 4.90 Å². The topological polar surface area (TPSA) is 56.7 Å². The van der Waals surface area contributed by atoms with Crippen LogP contribution >= 0.6 is 35.6 Å². The lowest BCUT2D eigenvalue weighted by atomic mass is 9.84. The first-order valence-electron chi connectivity index (χ1n) is 8.95. The molecule has 0 saturated heterocycles. The Morgan fingerprint density at radius 3 is 2.35 bits per heavy atom. The Morgan fingerprint density at radius 2 is 1.81 bits per heavy atom. The van der Waals surface area contributed by atoms with Gasteiger partial charge in [-0.3, -0.25) is 4.79 Å². The Kier molecular flexibility index (Phi) is 9.71. The van der Waals surface area contributed by atoms with E-state index in [1.807, 2.05) is 45.3 Å². The van der Waals surface area contributed by atoms with Crippen molar-refractivity contribution < 1.29 is 4.79 Å². The van der Waals surface area contributed by atoms with Gasteiger partial charge in [-0.15, -0.1) is 24.0 Å². The molecule has 7 heteroatoms. The van der Waals surface area contributed by atoms with Crippen molar-refractivity contribution in [1.29, 1.82) is 0 Å². The average Bonchev–Trinajstić information content (AvgIpc) is 3.08. The van der Waals surface area contributed by atoms with Gasteiger partial charge < -0.3 is 15.5 Å². The minimum Gasteiger partial charge on any atom is -0.357 e. The number of benzene rings is 1. The number of aliphatic imine (C=N–C) groups is 1. The van der Waals surface area contributed by atoms with Crippen LogP contribution in [-0.2, 0) is 11.3 Å². The Bertz CT molecular complexity index is 598. The van der Waals surface area contributed by atoms with Crippen molar-refractivity contribution >= 4 is 47.4 Å². The van der Waals surface area contributed by atoms with Gasteiger partial charge in [-0.05, 0) is 37.5 Å². The summed E-state index contributed by atoms with van der Waals surface area (Å²) in [7, 11) is 3.67. The van der Waals surface area contributed by atoms with E-state index in [0.717, 1.165) is 48.8 Å².